The molecule has 3 atom stereocenters. The summed E-state index contributed by atoms with van der Waals surface area (Å²) in [6.07, 6.45) is 62.6. The number of hydrogen-bond acceptors (Lipinski definition) is 10. The van der Waals surface area contributed by atoms with Crippen molar-refractivity contribution in [3.05, 3.63) is 97.2 Å². The molecule has 0 aliphatic heterocycles. The number of aliphatic hydroxyl groups excluding tert-OH is 1. The van der Waals surface area contributed by atoms with Gasteiger partial charge >= 0.3 is 25.7 Å². The predicted molar refractivity (Wildman–Crippen MR) is 297 cm³/mol. The van der Waals surface area contributed by atoms with Crippen molar-refractivity contribution >= 4 is 25.7 Å². The first-order chi connectivity index (χ1) is 35.2. The van der Waals surface area contributed by atoms with Crippen molar-refractivity contribution in [3.63, 3.8) is 0 Å². The second-order valence-electron chi connectivity index (χ2n) is 18.4. The number of carbonyl (C=O) groups excluding carboxylic acids is 3. The van der Waals surface area contributed by atoms with Gasteiger partial charge in [0.2, 0.25) is 0 Å². The van der Waals surface area contributed by atoms with Crippen LogP contribution in [0.3, 0.4) is 0 Å². The van der Waals surface area contributed by atoms with Crippen molar-refractivity contribution in [2.45, 2.75) is 238 Å². The summed E-state index contributed by atoms with van der Waals surface area (Å²) in [6.45, 7) is 4.29. The number of carbonyl (C=O) groups is 3. The molecule has 12 heteroatoms. The van der Waals surface area contributed by atoms with Crippen molar-refractivity contribution in [2.75, 3.05) is 26.4 Å². The molecule has 0 bridgehead atoms. The summed E-state index contributed by atoms with van der Waals surface area (Å²) in [5.41, 5.74) is 0. The summed E-state index contributed by atoms with van der Waals surface area (Å²) in [5, 5.41) is 9.81. The van der Waals surface area contributed by atoms with Crippen LogP contribution in [0.15, 0.2) is 97.2 Å². The van der Waals surface area contributed by atoms with Crippen molar-refractivity contribution in [1.82, 2.24) is 0 Å². The van der Waals surface area contributed by atoms with E-state index in [-0.39, 0.29) is 25.9 Å². The number of aliphatic hydroxyl groups is 1. The maximum Gasteiger partial charge on any atom is 0.472 e. The van der Waals surface area contributed by atoms with E-state index in [2.05, 4.69) is 93.7 Å². The van der Waals surface area contributed by atoms with Crippen molar-refractivity contribution in [3.8, 4) is 0 Å². The van der Waals surface area contributed by atoms with Gasteiger partial charge in [0.1, 0.15) is 12.7 Å². The average molecular weight is 1030 g/mol. The van der Waals surface area contributed by atoms with Gasteiger partial charge in [-0.3, -0.25) is 23.4 Å². The minimum Gasteiger partial charge on any atom is -0.462 e. The molecule has 0 saturated carbocycles. The summed E-state index contributed by atoms with van der Waals surface area (Å²) in [7, 11) is -4.78. The van der Waals surface area contributed by atoms with Crippen LogP contribution in [0.4, 0.5) is 0 Å². The summed E-state index contributed by atoms with van der Waals surface area (Å²) < 4.78 is 39.3. The molecule has 0 amide bonds. The van der Waals surface area contributed by atoms with E-state index >= 15 is 0 Å². The largest absolute Gasteiger partial charge is 0.472 e. The normalized spacial score (nSPS) is 14.1. The fourth-order valence-corrected chi connectivity index (χ4v) is 8.11. The molecule has 0 rings (SSSR count). The zero-order chi connectivity index (χ0) is 52.7. The average Bonchev–Trinajstić information content (AvgIpc) is 3.37. The number of phosphoric ester groups is 1. The van der Waals surface area contributed by atoms with Gasteiger partial charge in [-0.15, -0.1) is 0 Å². The third-order valence-corrected chi connectivity index (χ3v) is 12.5. The lowest BCUT2D eigenvalue weighted by Gasteiger charge is -2.21. The van der Waals surface area contributed by atoms with E-state index in [1.165, 1.54) is 70.6 Å². The van der Waals surface area contributed by atoms with Crippen molar-refractivity contribution < 1.29 is 52.2 Å². The Balaban J connectivity index is 4.84. The summed E-state index contributed by atoms with van der Waals surface area (Å²) >= 11 is 0. The topological polar surface area (TPSA) is 155 Å². The maximum absolute atomic E-state index is 12.9. The van der Waals surface area contributed by atoms with Crippen LogP contribution in [-0.2, 0) is 42.2 Å². The van der Waals surface area contributed by atoms with Gasteiger partial charge in [0.05, 0.1) is 26.2 Å². The lowest BCUT2D eigenvalue weighted by molar-refractivity contribution is -0.160. The minimum atomic E-state index is -4.78. The van der Waals surface area contributed by atoms with Crippen LogP contribution in [0.5, 0.6) is 0 Å². The highest BCUT2D eigenvalue weighted by Crippen LogP contribution is 2.43. The second-order valence-corrected chi connectivity index (χ2v) is 19.8. The van der Waals surface area contributed by atoms with Crippen molar-refractivity contribution in [1.29, 1.82) is 0 Å². The minimum absolute atomic E-state index is 0.0714. The molecule has 11 nitrogen and oxygen atoms in total. The Kier molecular flexibility index (Phi) is 51.0. The monoisotopic (exact) mass is 1030 g/mol. The quantitative estimate of drug-likeness (QED) is 0.0197. The zero-order valence-electron chi connectivity index (χ0n) is 45.4. The lowest BCUT2D eigenvalue weighted by Crippen LogP contribution is -2.30. The lowest BCUT2D eigenvalue weighted by atomic mass is 10.0. The highest BCUT2D eigenvalue weighted by molar-refractivity contribution is 7.47. The molecule has 0 aliphatic rings. The van der Waals surface area contributed by atoms with Gasteiger partial charge in [-0.25, -0.2) is 4.57 Å². The molecule has 3 unspecified atom stereocenters. The van der Waals surface area contributed by atoms with Crippen LogP contribution >= 0.6 is 7.82 Å². The van der Waals surface area contributed by atoms with E-state index in [9.17, 15) is 28.9 Å². The number of phosphoric acid groups is 1. The maximum atomic E-state index is 12.9. The number of esters is 3. The molecule has 0 fully saturated rings. The predicted octanol–water partition coefficient (Wildman–Crippen LogP) is 16.5. The molecule has 0 saturated heterocycles. The van der Waals surface area contributed by atoms with Crippen LogP contribution in [0.2, 0.25) is 0 Å². The van der Waals surface area contributed by atoms with Crippen LogP contribution in [0.25, 0.3) is 0 Å². The Morgan fingerprint density at radius 2 is 0.778 bits per heavy atom. The number of allylic oxidation sites excluding steroid dienone is 15. The Morgan fingerprint density at radius 3 is 1.22 bits per heavy atom. The standard InChI is InChI=1S/C60H101O11P/c1-4-7-10-13-16-19-22-25-28-31-34-37-40-43-46-49-58(62)67-53-57(71-60(64)51-48-45-42-39-36-33-30-27-24-21-18-15-12-9-6-3)55-69-72(65,66)68-54-56(52-61)70-59(63)50-47-44-41-38-35-32-29-26-23-20-17-14-11-8-5-2/h7,9-10,12,16,18-19,21,25,27-28,30,36,39,45,48,56-57,61H,4-6,8,11,13-15,17,20,22-24,26,29,31-35,37-38,40-44,46-47,49-55H2,1-3H3,(H,65,66)/b10-7-,12-9-,19-16-,21-18-,28-25-,30-27-,39-36-,48-45-. The Morgan fingerprint density at radius 1 is 0.417 bits per heavy atom. The molecule has 0 heterocycles. The molecule has 0 aromatic heterocycles. The Labute approximate surface area is 438 Å². The van der Waals surface area contributed by atoms with Gasteiger partial charge in [-0.2, -0.15) is 0 Å². The van der Waals surface area contributed by atoms with Gasteiger partial charge in [-0.1, -0.05) is 227 Å². The SMILES string of the molecule is CC/C=C\C/C=C\C/C=C\C/C=C\C/C=C\CC(=O)OC(COC(=O)CCCCCCC/C=C\C/C=C\C/C=C\CC)COP(=O)(O)OCC(CO)OC(=O)CCCCCCCCCCCCCCCCC. The Bertz CT molecular complexity index is 1580. The van der Waals surface area contributed by atoms with E-state index in [0.29, 0.717) is 19.3 Å². The molecular weight excluding hydrogens is 928 g/mol. The fourth-order valence-electron chi connectivity index (χ4n) is 7.33. The highest BCUT2D eigenvalue weighted by atomic mass is 31.2. The summed E-state index contributed by atoms with van der Waals surface area (Å²) in [6, 6.07) is 0. The molecule has 72 heavy (non-hydrogen) atoms. The molecule has 0 radical (unpaired) electrons. The molecular formula is C60H101O11P. The summed E-state index contributed by atoms with van der Waals surface area (Å²) in [4.78, 5) is 48.4. The van der Waals surface area contributed by atoms with Crippen LogP contribution < -0.4 is 0 Å². The van der Waals surface area contributed by atoms with Gasteiger partial charge in [0.15, 0.2) is 6.10 Å². The van der Waals surface area contributed by atoms with Crippen LogP contribution in [-0.4, -0.2) is 66.5 Å². The molecule has 412 valence electrons. The first kappa shape index (κ1) is 68.4. The first-order valence-corrected chi connectivity index (χ1v) is 29.6. The Hall–Kier alpha value is -3.60. The molecule has 0 aliphatic carbocycles. The zero-order valence-corrected chi connectivity index (χ0v) is 46.3. The molecule has 2 N–H and O–H groups in total. The van der Waals surface area contributed by atoms with Gasteiger partial charge in [0.25, 0.3) is 0 Å². The first-order valence-electron chi connectivity index (χ1n) is 28.1. The molecule has 0 aromatic rings. The third-order valence-electron chi connectivity index (χ3n) is 11.5. The van der Waals surface area contributed by atoms with Gasteiger partial charge < -0.3 is 24.2 Å². The van der Waals surface area contributed by atoms with Gasteiger partial charge in [0, 0.05) is 12.8 Å². The van der Waals surface area contributed by atoms with E-state index in [4.69, 9.17) is 23.3 Å². The van der Waals surface area contributed by atoms with E-state index in [1.54, 1.807) is 6.08 Å². The van der Waals surface area contributed by atoms with Crippen LogP contribution in [0, 0.1) is 0 Å². The number of hydrogen-bond donors (Lipinski definition) is 2. The summed E-state index contributed by atoms with van der Waals surface area (Å²) in [5.74, 6) is -1.64. The molecule has 0 spiro atoms. The number of ether oxygens (including phenoxy) is 3. The molecule has 0 aromatic carbocycles. The van der Waals surface area contributed by atoms with E-state index in [0.717, 1.165) is 96.3 Å². The fraction of sp³-hybridized carbons (Fsp3) is 0.683. The second kappa shape index (κ2) is 53.7. The smallest absolute Gasteiger partial charge is 0.462 e. The van der Waals surface area contributed by atoms with E-state index in [1.807, 2.05) is 18.2 Å². The van der Waals surface area contributed by atoms with Crippen molar-refractivity contribution in [2.24, 2.45) is 0 Å². The number of rotatable bonds is 51. The third kappa shape index (κ3) is 51.3. The van der Waals surface area contributed by atoms with Crippen LogP contribution in [0.1, 0.15) is 226 Å². The number of unbranched alkanes of at least 4 members (excludes halogenated alkanes) is 19. The highest BCUT2D eigenvalue weighted by Gasteiger charge is 2.28. The van der Waals surface area contributed by atoms with Gasteiger partial charge in [-0.05, 0) is 77.0 Å². The van der Waals surface area contributed by atoms with E-state index < -0.39 is 57.8 Å².